The number of aromatic amines is 1. The minimum atomic E-state index is -1.07. The Morgan fingerprint density at radius 2 is 2.11 bits per heavy atom. The van der Waals surface area contributed by atoms with Crippen molar-refractivity contribution in [1.29, 1.82) is 0 Å². The van der Waals surface area contributed by atoms with Gasteiger partial charge in [-0.15, -0.1) is 0 Å². The Hall–Kier alpha value is -2.64. The molecule has 1 saturated heterocycles. The smallest absolute Gasteiger partial charge is 0.348 e. The topological polar surface area (TPSA) is 135 Å². The first-order valence-corrected chi connectivity index (χ1v) is 12.7. The van der Waals surface area contributed by atoms with Crippen molar-refractivity contribution < 1.29 is 24.2 Å². The number of imidazole rings is 1. The fraction of sp³-hybridized carbons (Fsp3) is 0.455. The average molecular weight is 557 g/mol. The highest BCUT2D eigenvalue weighted by Gasteiger charge is 2.34. The summed E-state index contributed by atoms with van der Waals surface area (Å²) in [4.78, 5) is 38.8. The van der Waals surface area contributed by atoms with E-state index >= 15 is 0 Å². The number of carbonyl (C=O) groups excluding carboxylic acids is 1. The average Bonchev–Trinajstić information content (AvgIpc) is 3.57. The monoisotopic (exact) mass is 556 g/mol. The number of nitrogens with one attached hydrogen (secondary N) is 2. The number of hydrogen-bond acceptors (Lipinski definition) is 8. The summed E-state index contributed by atoms with van der Waals surface area (Å²) >= 11 is 13.4. The third-order valence-electron chi connectivity index (χ3n) is 6.00. The maximum atomic E-state index is 12.8. The van der Waals surface area contributed by atoms with Crippen molar-refractivity contribution in [2.45, 2.75) is 32.0 Å². The van der Waals surface area contributed by atoms with Crippen LogP contribution in [-0.2, 0) is 16.0 Å². The zero-order chi connectivity index (χ0) is 26.0. The minimum Gasteiger partial charge on any atom is -0.477 e. The van der Waals surface area contributed by atoms with Gasteiger partial charge < -0.3 is 34.3 Å². The van der Waals surface area contributed by atoms with Gasteiger partial charge in [0.15, 0.2) is 11.0 Å². The van der Waals surface area contributed by atoms with Crippen LogP contribution in [0.1, 0.15) is 32.3 Å². The SMILES string of the molecule is COCCn1ccnc1-c1nc(N2CC[C@@H](NC(=O)c3[nH]c(C)c(Cl)c3Cl)[C@@H](OC)C2)sc1C(=O)O. The van der Waals surface area contributed by atoms with Gasteiger partial charge >= 0.3 is 5.97 Å². The molecule has 1 fully saturated rings. The van der Waals surface area contributed by atoms with E-state index in [2.05, 4.69) is 20.3 Å². The fourth-order valence-electron chi connectivity index (χ4n) is 4.10. The van der Waals surface area contributed by atoms with Crippen molar-refractivity contribution in [3.63, 3.8) is 0 Å². The molecule has 0 aromatic carbocycles. The predicted molar refractivity (Wildman–Crippen MR) is 137 cm³/mol. The van der Waals surface area contributed by atoms with Gasteiger partial charge in [0.05, 0.1) is 28.8 Å². The summed E-state index contributed by atoms with van der Waals surface area (Å²) in [6, 6.07) is -0.288. The van der Waals surface area contributed by atoms with Crippen molar-refractivity contribution in [1.82, 2.24) is 24.8 Å². The standard InChI is InChI=1S/C22H26Cl2N6O5S/c1-11-14(23)15(24)16(26-11)20(31)27-12-4-6-30(10-13(12)35-3)22-28-17(18(36-22)21(32)33)19-25-5-7-29(19)8-9-34-2/h5,7,12-13,26H,4,6,8-10H2,1-3H3,(H,27,31)(H,32,33)/t12-,13+/m1/s1. The van der Waals surface area contributed by atoms with Crippen molar-refractivity contribution in [2.75, 3.05) is 38.8 Å². The lowest BCUT2D eigenvalue weighted by Gasteiger charge is -2.37. The Morgan fingerprint density at radius 3 is 2.75 bits per heavy atom. The van der Waals surface area contributed by atoms with Gasteiger partial charge in [-0.1, -0.05) is 34.5 Å². The summed E-state index contributed by atoms with van der Waals surface area (Å²) in [6.07, 6.45) is 3.56. The second kappa shape index (κ2) is 11.2. The van der Waals surface area contributed by atoms with Crippen LogP contribution in [-0.4, -0.2) is 82.6 Å². The number of carboxylic acids is 1. The number of carboxylic acid groups (broad SMARTS) is 1. The Labute approximate surface area is 221 Å². The third-order valence-corrected chi connectivity index (χ3v) is 8.05. The van der Waals surface area contributed by atoms with Crippen LogP contribution in [0.2, 0.25) is 10.0 Å². The number of thiazole rings is 1. The Kier molecular flexibility index (Phi) is 8.20. The van der Waals surface area contributed by atoms with Gasteiger partial charge in [0.1, 0.15) is 16.3 Å². The largest absolute Gasteiger partial charge is 0.477 e. The Morgan fingerprint density at radius 1 is 1.33 bits per heavy atom. The number of aromatic nitrogens is 4. The molecule has 3 N–H and O–H groups in total. The van der Waals surface area contributed by atoms with Gasteiger partial charge in [0, 0.05) is 51.9 Å². The van der Waals surface area contributed by atoms with Gasteiger partial charge in [-0.3, -0.25) is 4.79 Å². The van der Waals surface area contributed by atoms with E-state index < -0.39 is 5.97 Å². The van der Waals surface area contributed by atoms with E-state index in [4.69, 9.17) is 32.7 Å². The van der Waals surface area contributed by atoms with E-state index in [0.29, 0.717) is 60.0 Å². The molecular weight excluding hydrogens is 531 g/mol. The van der Waals surface area contributed by atoms with Crippen molar-refractivity contribution in [3.05, 3.63) is 38.7 Å². The minimum absolute atomic E-state index is 0.105. The van der Waals surface area contributed by atoms with Gasteiger partial charge in [0.25, 0.3) is 5.91 Å². The molecule has 0 bridgehead atoms. The van der Waals surface area contributed by atoms with E-state index in [1.54, 1.807) is 33.5 Å². The molecule has 3 aromatic rings. The van der Waals surface area contributed by atoms with Gasteiger partial charge in [-0.2, -0.15) is 0 Å². The predicted octanol–water partition coefficient (Wildman–Crippen LogP) is 3.32. The number of aromatic carboxylic acids is 1. The highest BCUT2D eigenvalue weighted by atomic mass is 35.5. The number of aryl methyl sites for hydroxylation is 1. The van der Waals surface area contributed by atoms with Gasteiger partial charge in [-0.25, -0.2) is 14.8 Å². The molecule has 36 heavy (non-hydrogen) atoms. The molecule has 1 aliphatic rings. The van der Waals surface area contributed by atoms with Gasteiger partial charge in [0.2, 0.25) is 0 Å². The quantitative estimate of drug-likeness (QED) is 0.365. The molecule has 1 aliphatic heterocycles. The molecule has 2 atom stereocenters. The lowest BCUT2D eigenvalue weighted by molar-refractivity contribution is 0.0540. The molecule has 4 rings (SSSR count). The van der Waals surface area contributed by atoms with Crippen LogP contribution in [0, 0.1) is 6.92 Å². The van der Waals surface area contributed by atoms with E-state index in [9.17, 15) is 14.7 Å². The number of amides is 1. The maximum Gasteiger partial charge on any atom is 0.348 e. The summed E-state index contributed by atoms with van der Waals surface area (Å²) in [5, 5.41) is 13.8. The molecule has 4 heterocycles. The Bertz CT molecular complexity index is 1260. The van der Waals surface area contributed by atoms with Crippen LogP contribution < -0.4 is 10.2 Å². The molecule has 0 radical (unpaired) electrons. The number of ether oxygens (including phenoxy) is 2. The number of hydrogen-bond donors (Lipinski definition) is 3. The molecule has 0 aliphatic carbocycles. The Balaban J connectivity index is 1.52. The number of anilines is 1. The van der Waals surface area contributed by atoms with Crippen LogP contribution in [0.3, 0.4) is 0 Å². The van der Waals surface area contributed by atoms with Crippen LogP contribution in [0.4, 0.5) is 5.13 Å². The first-order chi connectivity index (χ1) is 17.2. The second-order valence-electron chi connectivity index (χ2n) is 8.26. The molecule has 0 saturated carbocycles. The van der Waals surface area contributed by atoms with Crippen molar-refractivity contribution >= 4 is 51.5 Å². The van der Waals surface area contributed by atoms with E-state index in [-0.39, 0.29) is 33.6 Å². The van der Waals surface area contributed by atoms with Crippen LogP contribution in [0.15, 0.2) is 12.4 Å². The molecule has 194 valence electrons. The molecule has 0 spiro atoms. The molecule has 1 amide bonds. The number of piperidine rings is 1. The molecule has 14 heteroatoms. The normalized spacial score (nSPS) is 18.0. The first-order valence-electron chi connectivity index (χ1n) is 11.1. The van der Waals surface area contributed by atoms with Crippen LogP contribution in [0.25, 0.3) is 11.5 Å². The number of H-pyrrole nitrogens is 1. The number of halogens is 2. The lowest BCUT2D eigenvalue weighted by atomic mass is 10.0. The maximum absolute atomic E-state index is 12.8. The highest BCUT2D eigenvalue weighted by molar-refractivity contribution is 7.17. The van der Waals surface area contributed by atoms with Crippen LogP contribution in [0.5, 0.6) is 0 Å². The van der Waals surface area contributed by atoms with Crippen LogP contribution >= 0.6 is 34.5 Å². The molecule has 3 aromatic heterocycles. The number of nitrogens with zero attached hydrogens (tertiary/aromatic N) is 4. The summed E-state index contributed by atoms with van der Waals surface area (Å²) < 4.78 is 12.6. The van der Waals surface area contributed by atoms with E-state index in [0.717, 1.165) is 11.3 Å². The summed E-state index contributed by atoms with van der Waals surface area (Å²) in [6.45, 7) is 3.65. The highest BCUT2D eigenvalue weighted by Crippen LogP contribution is 2.34. The summed E-state index contributed by atoms with van der Waals surface area (Å²) in [5.41, 5.74) is 1.12. The third kappa shape index (κ3) is 5.23. The zero-order valence-electron chi connectivity index (χ0n) is 19.9. The van der Waals surface area contributed by atoms with Crippen molar-refractivity contribution in [3.8, 4) is 11.5 Å². The summed E-state index contributed by atoms with van der Waals surface area (Å²) in [5.74, 6) is -0.977. The summed E-state index contributed by atoms with van der Waals surface area (Å²) in [7, 11) is 3.17. The second-order valence-corrected chi connectivity index (χ2v) is 9.99. The number of carbonyl (C=O) groups is 2. The van der Waals surface area contributed by atoms with E-state index in [1.165, 1.54) is 0 Å². The van der Waals surface area contributed by atoms with Crippen molar-refractivity contribution in [2.24, 2.45) is 0 Å². The van der Waals surface area contributed by atoms with E-state index in [1.807, 2.05) is 9.47 Å². The molecule has 0 unspecified atom stereocenters. The number of rotatable bonds is 9. The molecular formula is C22H26Cl2N6O5S. The lowest BCUT2D eigenvalue weighted by Crippen LogP contribution is -2.55. The first kappa shape index (κ1) is 26.4. The number of methoxy groups -OCH3 is 2. The van der Waals surface area contributed by atoms with Gasteiger partial charge in [-0.05, 0) is 13.3 Å². The zero-order valence-corrected chi connectivity index (χ0v) is 22.2. The molecule has 11 nitrogen and oxygen atoms in total. The fourth-order valence-corrected chi connectivity index (χ4v) is 5.45.